The summed E-state index contributed by atoms with van der Waals surface area (Å²) in [5, 5.41) is 33.7. The monoisotopic (exact) mass is 390 g/mol. The predicted molar refractivity (Wildman–Crippen MR) is 93.1 cm³/mol. The van der Waals surface area contributed by atoms with Crippen molar-refractivity contribution in [2.45, 2.75) is 10.7 Å². The Morgan fingerprint density at radius 2 is 1.93 bits per heavy atom. The summed E-state index contributed by atoms with van der Waals surface area (Å²) in [6, 6.07) is 10.4. The standard InChI is InChI=1S/C17H11F2N3O4S/c18-17(19)27-13-4-2-12(3-5-13)21-16(24)11(9-20)7-10-1-6-15(23)14(8-10)22(25)26/h1-8,17,23H,(H,21,24)/p-1/b11-7+. The Balaban J connectivity index is 2.18. The second-order valence-corrected chi connectivity index (χ2v) is 6.07. The van der Waals surface area contributed by atoms with Crippen LogP contribution in [-0.4, -0.2) is 16.6 Å². The number of nitro benzene ring substituents is 1. The highest BCUT2D eigenvalue weighted by Crippen LogP contribution is 2.27. The van der Waals surface area contributed by atoms with Crippen molar-refractivity contribution in [2.24, 2.45) is 0 Å². The van der Waals surface area contributed by atoms with Gasteiger partial charge in [0.05, 0.1) is 4.92 Å². The molecule has 0 bridgehead atoms. The zero-order valence-electron chi connectivity index (χ0n) is 13.4. The number of nitrogens with zero attached hydrogens (tertiary/aromatic N) is 2. The number of alkyl halides is 2. The Bertz CT molecular complexity index is 940. The number of thioether (sulfide) groups is 1. The van der Waals surface area contributed by atoms with Gasteiger partial charge in [0.1, 0.15) is 11.6 Å². The summed E-state index contributed by atoms with van der Waals surface area (Å²) >= 11 is 0.353. The quantitative estimate of drug-likeness (QED) is 0.265. The lowest BCUT2D eigenvalue weighted by Crippen LogP contribution is -2.13. The van der Waals surface area contributed by atoms with E-state index in [0.29, 0.717) is 16.7 Å². The number of hydrogen-bond acceptors (Lipinski definition) is 6. The zero-order chi connectivity index (χ0) is 20.0. The third-order valence-corrected chi connectivity index (χ3v) is 3.92. The van der Waals surface area contributed by atoms with E-state index in [9.17, 15) is 28.8 Å². The number of anilines is 1. The number of halogens is 2. The molecule has 0 fully saturated rings. The number of carbonyl (C=O) groups excluding carboxylic acids is 1. The van der Waals surface area contributed by atoms with Gasteiger partial charge in [0.2, 0.25) is 0 Å². The lowest BCUT2D eigenvalue weighted by atomic mass is 10.1. The molecule has 0 saturated heterocycles. The van der Waals surface area contributed by atoms with Gasteiger partial charge in [-0.2, -0.15) is 14.0 Å². The maximum Gasteiger partial charge on any atom is 0.288 e. The third kappa shape index (κ3) is 5.52. The molecule has 0 heterocycles. The van der Waals surface area contributed by atoms with Crippen molar-refractivity contribution in [1.29, 1.82) is 5.26 Å². The van der Waals surface area contributed by atoms with Gasteiger partial charge in [-0.3, -0.25) is 14.9 Å². The molecule has 1 amide bonds. The SMILES string of the molecule is N#C/C(=C\c1ccc([O-])c([N+](=O)[O-])c1)C(=O)Nc1ccc(SC(F)F)cc1. The molecule has 138 valence electrons. The molecule has 0 aromatic heterocycles. The van der Waals surface area contributed by atoms with Crippen molar-refractivity contribution in [2.75, 3.05) is 5.32 Å². The van der Waals surface area contributed by atoms with Gasteiger partial charge in [-0.1, -0.05) is 23.9 Å². The van der Waals surface area contributed by atoms with Crippen LogP contribution in [0.3, 0.4) is 0 Å². The van der Waals surface area contributed by atoms with Gasteiger partial charge in [0.25, 0.3) is 17.4 Å². The van der Waals surface area contributed by atoms with E-state index < -0.39 is 28.0 Å². The van der Waals surface area contributed by atoms with Gasteiger partial charge in [-0.25, -0.2) is 0 Å². The number of carbonyl (C=O) groups is 1. The van der Waals surface area contributed by atoms with Gasteiger partial charge in [0.15, 0.2) is 0 Å². The first kappa shape index (κ1) is 19.9. The predicted octanol–water partition coefficient (Wildman–Crippen LogP) is 3.53. The average Bonchev–Trinajstić information content (AvgIpc) is 2.61. The Morgan fingerprint density at radius 1 is 1.26 bits per heavy atom. The second kappa shape index (κ2) is 8.77. The first-order valence-corrected chi connectivity index (χ1v) is 8.11. The van der Waals surface area contributed by atoms with Crippen LogP contribution in [0.15, 0.2) is 52.9 Å². The minimum absolute atomic E-state index is 0.136. The van der Waals surface area contributed by atoms with E-state index in [4.69, 9.17) is 5.26 Å². The van der Waals surface area contributed by atoms with Crippen molar-refractivity contribution < 1.29 is 23.6 Å². The Morgan fingerprint density at radius 3 is 2.48 bits per heavy atom. The number of rotatable bonds is 6. The average molecular weight is 390 g/mol. The fraction of sp³-hybridized carbons (Fsp3) is 0.0588. The first-order valence-electron chi connectivity index (χ1n) is 7.23. The summed E-state index contributed by atoms with van der Waals surface area (Å²) in [5.41, 5.74) is -0.611. The van der Waals surface area contributed by atoms with E-state index in [1.807, 2.05) is 0 Å². The van der Waals surface area contributed by atoms with Crippen LogP contribution in [0.4, 0.5) is 20.2 Å². The van der Waals surface area contributed by atoms with E-state index in [1.165, 1.54) is 30.3 Å². The highest BCUT2D eigenvalue weighted by atomic mass is 32.2. The van der Waals surface area contributed by atoms with Crippen LogP contribution in [0.5, 0.6) is 5.75 Å². The summed E-state index contributed by atoms with van der Waals surface area (Å²) in [6.07, 6.45) is 1.10. The molecule has 10 heteroatoms. The second-order valence-electron chi connectivity index (χ2n) is 5.01. The van der Waals surface area contributed by atoms with E-state index in [1.54, 1.807) is 6.07 Å². The molecule has 0 radical (unpaired) electrons. The van der Waals surface area contributed by atoms with Crippen molar-refractivity contribution in [3.8, 4) is 11.8 Å². The van der Waals surface area contributed by atoms with Crippen molar-refractivity contribution in [3.63, 3.8) is 0 Å². The first-order chi connectivity index (χ1) is 12.8. The van der Waals surface area contributed by atoms with Crippen LogP contribution in [-0.2, 0) is 4.79 Å². The van der Waals surface area contributed by atoms with Crippen LogP contribution < -0.4 is 10.4 Å². The fourth-order valence-electron chi connectivity index (χ4n) is 2.00. The maximum absolute atomic E-state index is 12.3. The van der Waals surface area contributed by atoms with Gasteiger partial charge in [-0.05, 0) is 41.7 Å². The number of nitrogens with one attached hydrogen (secondary N) is 1. The Labute approximate surface area is 156 Å². The third-order valence-electron chi connectivity index (χ3n) is 3.19. The van der Waals surface area contributed by atoms with Crippen LogP contribution in [0, 0.1) is 21.4 Å². The molecule has 0 atom stereocenters. The molecule has 7 nitrogen and oxygen atoms in total. The maximum atomic E-state index is 12.3. The molecule has 0 unspecified atom stereocenters. The molecule has 0 aliphatic heterocycles. The van der Waals surface area contributed by atoms with Crippen LogP contribution >= 0.6 is 11.8 Å². The largest absolute Gasteiger partial charge is 0.868 e. The molecule has 0 spiro atoms. The molecular formula is C17H10F2N3O4S-. The minimum Gasteiger partial charge on any atom is -0.868 e. The molecule has 0 saturated carbocycles. The van der Waals surface area contributed by atoms with Crippen molar-refractivity contribution in [3.05, 3.63) is 63.7 Å². The van der Waals surface area contributed by atoms with Gasteiger partial charge >= 0.3 is 0 Å². The summed E-state index contributed by atoms with van der Waals surface area (Å²) in [4.78, 5) is 22.4. The van der Waals surface area contributed by atoms with E-state index in [0.717, 1.165) is 18.2 Å². The normalized spacial score (nSPS) is 11.1. The Kier molecular flexibility index (Phi) is 6.46. The van der Waals surface area contributed by atoms with Gasteiger partial charge in [0, 0.05) is 16.6 Å². The summed E-state index contributed by atoms with van der Waals surface area (Å²) < 4.78 is 24.6. The highest BCUT2D eigenvalue weighted by molar-refractivity contribution is 7.99. The number of benzene rings is 2. The molecule has 2 rings (SSSR count). The molecule has 27 heavy (non-hydrogen) atoms. The fourth-order valence-corrected chi connectivity index (χ4v) is 2.50. The number of hydrogen-bond donors (Lipinski definition) is 1. The summed E-state index contributed by atoms with van der Waals surface area (Å²) in [5.74, 6) is -4.15. The van der Waals surface area contributed by atoms with Gasteiger partial charge < -0.3 is 10.4 Å². The molecule has 0 aliphatic rings. The molecule has 0 aliphatic carbocycles. The van der Waals surface area contributed by atoms with Crippen molar-refractivity contribution >= 4 is 35.1 Å². The number of nitriles is 1. The summed E-state index contributed by atoms with van der Waals surface area (Å²) in [6.45, 7) is 0. The molecular weight excluding hydrogens is 380 g/mol. The van der Waals surface area contributed by atoms with E-state index in [-0.39, 0.29) is 16.8 Å². The number of nitro groups is 1. The van der Waals surface area contributed by atoms with Crippen LogP contribution in [0.1, 0.15) is 5.56 Å². The minimum atomic E-state index is -2.57. The smallest absolute Gasteiger partial charge is 0.288 e. The summed E-state index contributed by atoms with van der Waals surface area (Å²) in [7, 11) is 0. The topological polar surface area (TPSA) is 119 Å². The van der Waals surface area contributed by atoms with Crippen LogP contribution in [0.25, 0.3) is 6.08 Å². The van der Waals surface area contributed by atoms with E-state index >= 15 is 0 Å². The number of amides is 1. The zero-order valence-corrected chi connectivity index (χ0v) is 14.2. The van der Waals surface area contributed by atoms with Crippen molar-refractivity contribution in [1.82, 2.24) is 0 Å². The lowest BCUT2D eigenvalue weighted by Gasteiger charge is -2.07. The molecule has 2 aromatic carbocycles. The molecule has 1 N–H and O–H groups in total. The lowest BCUT2D eigenvalue weighted by molar-refractivity contribution is -0.398. The molecule has 2 aromatic rings. The highest BCUT2D eigenvalue weighted by Gasteiger charge is 2.12. The Hall–Kier alpha value is -3.45. The van der Waals surface area contributed by atoms with Crippen LogP contribution in [0.2, 0.25) is 0 Å². The van der Waals surface area contributed by atoms with E-state index in [2.05, 4.69) is 5.32 Å². The van der Waals surface area contributed by atoms with Gasteiger partial charge in [-0.15, -0.1) is 0 Å².